The average Bonchev–Trinajstić information content (AvgIpc) is 2.56. The topological polar surface area (TPSA) is 62.0 Å². The summed E-state index contributed by atoms with van der Waals surface area (Å²) in [5, 5.41) is 3.62. The summed E-state index contributed by atoms with van der Waals surface area (Å²) in [4.78, 5) is 27.5. The van der Waals surface area contributed by atoms with E-state index in [1.165, 1.54) is 18.3 Å². The molecular weight excluding hydrogens is 331 g/mol. The second-order valence-corrected chi connectivity index (χ2v) is 5.79. The molecule has 2 N–H and O–H groups in total. The third-order valence-corrected chi connectivity index (χ3v) is 3.94. The molecule has 1 aromatic heterocycles. The van der Waals surface area contributed by atoms with Crippen molar-refractivity contribution < 1.29 is 9.18 Å². The van der Waals surface area contributed by atoms with Crippen molar-refractivity contribution in [2.45, 2.75) is 6.42 Å². The second kappa shape index (κ2) is 6.84. The van der Waals surface area contributed by atoms with Crippen LogP contribution in [0.25, 0.3) is 10.9 Å². The molecule has 3 aromatic rings. The summed E-state index contributed by atoms with van der Waals surface area (Å²) >= 11 is 5.89. The van der Waals surface area contributed by atoms with Gasteiger partial charge in [0.05, 0.1) is 5.52 Å². The van der Waals surface area contributed by atoms with Crippen molar-refractivity contribution in [1.29, 1.82) is 0 Å². The quantitative estimate of drug-likeness (QED) is 0.763. The van der Waals surface area contributed by atoms with Crippen LogP contribution in [0.1, 0.15) is 15.9 Å². The summed E-state index contributed by atoms with van der Waals surface area (Å²) in [6.07, 6.45) is 1.93. The Morgan fingerprint density at radius 3 is 2.67 bits per heavy atom. The highest BCUT2D eigenvalue weighted by Gasteiger charge is 2.12. The number of pyridine rings is 1. The van der Waals surface area contributed by atoms with Gasteiger partial charge in [-0.15, -0.1) is 0 Å². The summed E-state index contributed by atoms with van der Waals surface area (Å²) in [5.74, 6) is -0.749. The number of halogens is 2. The van der Waals surface area contributed by atoms with E-state index in [-0.39, 0.29) is 16.8 Å². The van der Waals surface area contributed by atoms with Crippen LogP contribution in [0.4, 0.5) is 4.39 Å². The van der Waals surface area contributed by atoms with Crippen molar-refractivity contribution in [3.63, 3.8) is 0 Å². The Bertz CT molecular complexity index is 951. The van der Waals surface area contributed by atoms with E-state index in [4.69, 9.17) is 11.6 Å². The van der Waals surface area contributed by atoms with Crippen molar-refractivity contribution in [3.8, 4) is 0 Å². The van der Waals surface area contributed by atoms with E-state index in [1.54, 1.807) is 30.3 Å². The molecule has 0 fully saturated rings. The van der Waals surface area contributed by atoms with E-state index in [0.717, 1.165) is 5.56 Å². The van der Waals surface area contributed by atoms with Crippen LogP contribution in [0.2, 0.25) is 5.02 Å². The van der Waals surface area contributed by atoms with Crippen molar-refractivity contribution in [1.82, 2.24) is 10.3 Å². The van der Waals surface area contributed by atoms with Crippen molar-refractivity contribution in [3.05, 3.63) is 80.9 Å². The molecule has 0 bridgehead atoms. The van der Waals surface area contributed by atoms with Crippen LogP contribution < -0.4 is 10.7 Å². The maximum atomic E-state index is 12.8. The molecule has 4 nitrogen and oxygen atoms in total. The maximum absolute atomic E-state index is 12.8. The lowest BCUT2D eigenvalue weighted by Crippen LogP contribution is -2.30. The van der Waals surface area contributed by atoms with Gasteiger partial charge in [0.2, 0.25) is 5.43 Å². The summed E-state index contributed by atoms with van der Waals surface area (Å²) < 4.78 is 12.8. The lowest BCUT2D eigenvalue weighted by atomic mass is 10.1. The van der Waals surface area contributed by atoms with Crippen LogP contribution in [-0.4, -0.2) is 17.4 Å². The molecule has 1 heterocycles. The SMILES string of the molecule is O=C(NCCc1ccc(F)cc1)c1c[nH]c2cc(Cl)ccc2c1=O. The third-order valence-electron chi connectivity index (χ3n) is 3.70. The minimum Gasteiger partial charge on any atom is -0.360 e. The number of rotatable bonds is 4. The number of fused-ring (bicyclic) bond motifs is 1. The molecule has 0 aliphatic rings. The van der Waals surface area contributed by atoms with Gasteiger partial charge in [-0.2, -0.15) is 0 Å². The van der Waals surface area contributed by atoms with E-state index < -0.39 is 5.91 Å². The van der Waals surface area contributed by atoms with Crippen molar-refractivity contribution in [2.75, 3.05) is 6.54 Å². The molecular formula is C18H14ClFN2O2. The number of aromatic amines is 1. The number of carbonyl (C=O) groups is 1. The number of amides is 1. The van der Waals surface area contributed by atoms with E-state index in [2.05, 4.69) is 10.3 Å². The van der Waals surface area contributed by atoms with Gasteiger partial charge >= 0.3 is 0 Å². The van der Waals surface area contributed by atoms with Gasteiger partial charge in [0.15, 0.2) is 0 Å². The van der Waals surface area contributed by atoms with E-state index in [9.17, 15) is 14.0 Å². The molecule has 2 aromatic carbocycles. The van der Waals surface area contributed by atoms with Gasteiger partial charge in [-0.25, -0.2) is 4.39 Å². The Labute approximate surface area is 142 Å². The van der Waals surface area contributed by atoms with Crippen molar-refractivity contribution in [2.24, 2.45) is 0 Å². The van der Waals surface area contributed by atoms with Crippen LogP contribution >= 0.6 is 11.6 Å². The number of carbonyl (C=O) groups excluding carboxylic acids is 1. The van der Waals surface area contributed by atoms with Gasteiger partial charge in [0.1, 0.15) is 11.4 Å². The van der Waals surface area contributed by atoms with Gasteiger partial charge in [0, 0.05) is 23.2 Å². The Morgan fingerprint density at radius 2 is 1.92 bits per heavy atom. The number of benzene rings is 2. The zero-order chi connectivity index (χ0) is 17.1. The summed E-state index contributed by atoms with van der Waals surface area (Å²) in [6, 6.07) is 10.9. The van der Waals surface area contributed by atoms with Gasteiger partial charge in [-0.1, -0.05) is 23.7 Å². The molecule has 0 spiro atoms. The zero-order valence-electron chi connectivity index (χ0n) is 12.6. The number of hydrogen-bond acceptors (Lipinski definition) is 2. The lowest BCUT2D eigenvalue weighted by Gasteiger charge is -2.06. The second-order valence-electron chi connectivity index (χ2n) is 5.35. The Hall–Kier alpha value is -2.66. The monoisotopic (exact) mass is 344 g/mol. The first kappa shape index (κ1) is 16.2. The largest absolute Gasteiger partial charge is 0.360 e. The first-order valence-corrected chi connectivity index (χ1v) is 7.76. The van der Waals surface area contributed by atoms with E-state index >= 15 is 0 Å². The number of nitrogens with one attached hydrogen (secondary N) is 2. The molecule has 0 aliphatic carbocycles. The minimum atomic E-state index is -0.449. The Kier molecular flexibility index (Phi) is 4.62. The van der Waals surface area contributed by atoms with E-state index in [1.807, 2.05) is 0 Å². The number of H-pyrrole nitrogens is 1. The Morgan fingerprint density at radius 1 is 1.17 bits per heavy atom. The first-order chi connectivity index (χ1) is 11.5. The van der Waals surface area contributed by atoms with Crippen LogP contribution in [0.3, 0.4) is 0 Å². The first-order valence-electron chi connectivity index (χ1n) is 7.38. The fraction of sp³-hybridized carbons (Fsp3) is 0.111. The molecule has 0 saturated heterocycles. The standard InChI is InChI=1S/C18H14ClFN2O2/c19-12-3-6-14-16(9-12)22-10-15(17(14)23)18(24)21-8-7-11-1-4-13(20)5-2-11/h1-6,9-10H,7-8H2,(H,21,24)(H,22,23). The molecule has 0 radical (unpaired) electrons. The smallest absolute Gasteiger partial charge is 0.256 e. The molecule has 1 amide bonds. The molecule has 6 heteroatoms. The van der Waals surface area contributed by atoms with Crippen LogP contribution in [-0.2, 0) is 6.42 Å². The lowest BCUT2D eigenvalue weighted by molar-refractivity contribution is 0.0953. The van der Waals surface area contributed by atoms with Gasteiger partial charge in [0.25, 0.3) is 5.91 Å². The van der Waals surface area contributed by atoms with Gasteiger partial charge < -0.3 is 10.3 Å². The summed E-state index contributed by atoms with van der Waals surface area (Å²) in [6.45, 7) is 0.350. The molecule has 24 heavy (non-hydrogen) atoms. The number of hydrogen-bond donors (Lipinski definition) is 2. The molecule has 122 valence electrons. The predicted octanol–water partition coefficient (Wildman–Crippen LogP) is 3.29. The third kappa shape index (κ3) is 3.46. The van der Waals surface area contributed by atoms with Gasteiger partial charge in [-0.3, -0.25) is 9.59 Å². The highest BCUT2D eigenvalue weighted by Crippen LogP contribution is 2.15. The van der Waals surface area contributed by atoms with Crippen molar-refractivity contribution >= 4 is 28.4 Å². The fourth-order valence-corrected chi connectivity index (χ4v) is 2.60. The predicted molar refractivity (Wildman–Crippen MR) is 92.0 cm³/mol. The van der Waals surface area contributed by atoms with Crippen LogP contribution in [0, 0.1) is 5.82 Å². The molecule has 0 unspecified atom stereocenters. The fourth-order valence-electron chi connectivity index (χ4n) is 2.43. The van der Waals surface area contributed by atoms with Crippen LogP contribution in [0.15, 0.2) is 53.5 Å². The van der Waals surface area contributed by atoms with Crippen LogP contribution in [0.5, 0.6) is 0 Å². The molecule has 0 saturated carbocycles. The van der Waals surface area contributed by atoms with E-state index in [0.29, 0.717) is 28.9 Å². The molecule has 0 aliphatic heterocycles. The zero-order valence-corrected chi connectivity index (χ0v) is 13.4. The highest BCUT2D eigenvalue weighted by molar-refractivity contribution is 6.31. The molecule has 0 atom stereocenters. The summed E-state index contributed by atoms with van der Waals surface area (Å²) in [5.41, 5.74) is 1.18. The maximum Gasteiger partial charge on any atom is 0.256 e. The molecule has 3 rings (SSSR count). The van der Waals surface area contributed by atoms with Gasteiger partial charge in [-0.05, 0) is 42.3 Å². The Balaban J connectivity index is 1.72. The highest BCUT2D eigenvalue weighted by atomic mass is 35.5. The minimum absolute atomic E-state index is 0.0453. The normalized spacial score (nSPS) is 10.8. The average molecular weight is 345 g/mol. The number of aromatic nitrogens is 1. The summed E-state index contributed by atoms with van der Waals surface area (Å²) in [7, 11) is 0.